The average molecular weight is 347 g/mol. The number of methoxy groups -OCH3 is 1. The Morgan fingerprint density at radius 2 is 2.00 bits per heavy atom. The van der Waals surface area contributed by atoms with Crippen molar-refractivity contribution in [1.29, 1.82) is 0 Å². The molecule has 0 fully saturated rings. The van der Waals surface area contributed by atoms with Crippen LogP contribution in [0.2, 0.25) is 0 Å². The fourth-order valence-electron chi connectivity index (χ4n) is 2.39. The first kappa shape index (κ1) is 13.9. The summed E-state index contributed by atoms with van der Waals surface area (Å²) in [6.07, 6.45) is 0.732. The Balaban J connectivity index is 1.79. The molecule has 0 aromatic heterocycles. The van der Waals surface area contributed by atoms with Gasteiger partial charge in [-0.3, -0.25) is 0 Å². The summed E-state index contributed by atoms with van der Waals surface area (Å²) in [5.41, 5.74) is 5.97. The summed E-state index contributed by atoms with van der Waals surface area (Å²) in [5, 5.41) is 14.4. The third-order valence-electron chi connectivity index (χ3n) is 3.54. The number of nitrogens with one attached hydrogen (secondary N) is 1. The maximum Gasteiger partial charge on any atom is 0.120 e. The van der Waals surface area contributed by atoms with Crippen LogP contribution in [0.25, 0.3) is 0 Å². The van der Waals surface area contributed by atoms with Gasteiger partial charge in [0.2, 0.25) is 0 Å². The Morgan fingerprint density at radius 1 is 1.24 bits per heavy atom. The second-order valence-electron chi connectivity index (χ2n) is 4.88. The fourth-order valence-corrected chi connectivity index (χ4v) is 2.77. The van der Waals surface area contributed by atoms with Crippen molar-refractivity contribution in [3.05, 3.63) is 58.1 Å². The van der Waals surface area contributed by atoms with Crippen molar-refractivity contribution in [3.8, 4) is 11.5 Å². The molecule has 108 valence electrons. The van der Waals surface area contributed by atoms with Crippen LogP contribution in [0.1, 0.15) is 23.6 Å². The van der Waals surface area contributed by atoms with Crippen LogP contribution in [0, 0.1) is 0 Å². The SMILES string of the molecule is COc1ccc(C2=NN[C@@H](c3cc(Br)ccc3O)C2)cc1. The molecule has 0 saturated carbocycles. The van der Waals surface area contributed by atoms with Gasteiger partial charge in [0.25, 0.3) is 0 Å². The summed E-state index contributed by atoms with van der Waals surface area (Å²) < 4.78 is 6.10. The monoisotopic (exact) mass is 346 g/mol. The van der Waals surface area contributed by atoms with Crippen molar-refractivity contribution in [1.82, 2.24) is 5.43 Å². The van der Waals surface area contributed by atoms with E-state index in [0.717, 1.165) is 33.5 Å². The topological polar surface area (TPSA) is 53.8 Å². The maximum atomic E-state index is 9.99. The van der Waals surface area contributed by atoms with Crippen molar-refractivity contribution in [2.45, 2.75) is 12.5 Å². The molecular formula is C16H15BrN2O2. The standard InChI is InChI=1S/C16H15BrN2O2/c1-21-12-5-2-10(3-6-12)14-9-15(19-18-14)13-8-11(17)4-7-16(13)20/h2-8,15,19-20H,9H2,1H3/t15-/m1/s1. The molecule has 5 heteroatoms. The van der Waals surface area contributed by atoms with E-state index < -0.39 is 0 Å². The highest BCUT2D eigenvalue weighted by molar-refractivity contribution is 9.10. The molecule has 1 aliphatic rings. The van der Waals surface area contributed by atoms with Gasteiger partial charge < -0.3 is 15.3 Å². The highest BCUT2D eigenvalue weighted by Gasteiger charge is 2.23. The normalized spacial score (nSPS) is 17.2. The number of benzene rings is 2. The van der Waals surface area contributed by atoms with Crippen LogP contribution in [0.15, 0.2) is 52.0 Å². The van der Waals surface area contributed by atoms with E-state index in [4.69, 9.17) is 4.74 Å². The Kier molecular flexibility index (Phi) is 3.84. The van der Waals surface area contributed by atoms with Crippen molar-refractivity contribution >= 4 is 21.6 Å². The summed E-state index contributed by atoms with van der Waals surface area (Å²) in [4.78, 5) is 0. The van der Waals surface area contributed by atoms with Crippen molar-refractivity contribution < 1.29 is 9.84 Å². The molecule has 1 atom stereocenters. The van der Waals surface area contributed by atoms with E-state index in [1.807, 2.05) is 36.4 Å². The van der Waals surface area contributed by atoms with Gasteiger partial charge in [-0.05, 0) is 48.0 Å². The molecule has 0 spiro atoms. The molecule has 1 aliphatic heterocycles. The van der Waals surface area contributed by atoms with E-state index in [2.05, 4.69) is 26.5 Å². The lowest BCUT2D eigenvalue weighted by Crippen LogP contribution is -2.10. The predicted molar refractivity (Wildman–Crippen MR) is 85.8 cm³/mol. The van der Waals surface area contributed by atoms with Gasteiger partial charge in [0.1, 0.15) is 11.5 Å². The minimum atomic E-state index is -0.0143. The molecule has 4 nitrogen and oxygen atoms in total. The number of hydrogen-bond acceptors (Lipinski definition) is 4. The summed E-state index contributed by atoms with van der Waals surface area (Å²) in [6, 6.07) is 13.2. The van der Waals surface area contributed by atoms with Gasteiger partial charge in [0.15, 0.2) is 0 Å². The predicted octanol–water partition coefficient (Wildman–Crippen LogP) is 3.60. The van der Waals surface area contributed by atoms with Crippen molar-refractivity contribution in [3.63, 3.8) is 0 Å². The van der Waals surface area contributed by atoms with Gasteiger partial charge in [-0.1, -0.05) is 15.9 Å². The lowest BCUT2D eigenvalue weighted by molar-refractivity contribution is 0.415. The van der Waals surface area contributed by atoms with Crippen LogP contribution in [0.4, 0.5) is 0 Å². The Labute approximate surface area is 131 Å². The Bertz CT molecular complexity index is 683. The number of phenols is 1. The van der Waals surface area contributed by atoms with Crippen LogP contribution in [0.5, 0.6) is 11.5 Å². The number of nitrogens with zero attached hydrogens (tertiary/aromatic N) is 1. The molecular weight excluding hydrogens is 332 g/mol. The number of aromatic hydroxyl groups is 1. The molecule has 3 rings (SSSR count). The van der Waals surface area contributed by atoms with Gasteiger partial charge in [-0.2, -0.15) is 5.10 Å². The zero-order valence-corrected chi connectivity index (χ0v) is 13.1. The van der Waals surface area contributed by atoms with E-state index in [9.17, 15) is 5.11 Å². The Morgan fingerprint density at radius 3 is 2.71 bits per heavy atom. The lowest BCUT2D eigenvalue weighted by Gasteiger charge is -2.12. The smallest absolute Gasteiger partial charge is 0.120 e. The number of hydrazone groups is 1. The first-order valence-corrected chi connectivity index (χ1v) is 7.41. The lowest BCUT2D eigenvalue weighted by atomic mass is 9.98. The molecule has 0 amide bonds. The van der Waals surface area contributed by atoms with E-state index in [1.165, 1.54) is 0 Å². The molecule has 0 saturated heterocycles. The molecule has 1 heterocycles. The maximum absolute atomic E-state index is 9.99. The molecule has 2 N–H and O–H groups in total. The van der Waals surface area contributed by atoms with Gasteiger partial charge in [-0.15, -0.1) is 0 Å². The molecule has 0 bridgehead atoms. The van der Waals surface area contributed by atoms with E-state index >= 15 is 0 Å². The van der Waals surface area contributed by atoms with Crippen LogP contribution < -0.4 is 10.2 Å². The molecule has 2 aromatic rings. The molecule has 2 aromatic carbocycles. The second-order valence-corrected chi connectivity index (χ2v) is 5.79. The first-order valence-electron chi connectivity index (χ1n) is 6.62. The van der Waals surface area contributed by atoms with Crippen LogP contribution >= 0.6 is 15.9 Å². The van der Waals surface area contributed by atoms with Gasteiger partial charge >= 0.3 is 0 Å². The second kappa shape index (κ2) is 5.77. The van der Waals surface area contributed by atoms with Crippen LogP contribution in [-0.4, -0.2) is 17.9 Å². The summed E-state index contributed by atoms with van der Waals surface area (Å²) in [7, 11) is 1.65. The van der Waals surface area contributed by atoms with E-state index in [-0.39, 0.29) is 11.8 Å². The average Bonchev–Trinajstić information content (AvgIpc) is 2.99. The molecule has 0 unspecified atom stereocenters. The largest absolute Gasteiger partial charge is 0.508 e. The zero-order valence-electron chi connectivity index (χ0n) is 11.5. The summed E-state index contributed by atoms with van der Waals surface area (Å²) >= 11 is 3.43. The minimum absolute atomic E-state index is 0.0143. The van der Waals surface area contributed by atoms with Gasteiger partial charge in [-0.25, -0.2) is 0 Å². The number of hydrogen-bond donors (Lipinski definition) is 2. The van der Waals surface area contributed by atoms with Crippen molar-refractivity contribution in [2.75, 3.05) is 7.11 Å². The fraction of sp³-hybridized carbons (Fsp3) is 0.188. The number of halogens is 1. The molecule has 0 aliphatic carbocycles. The number of ether oxygens (including phenoxy) is 1. The number of phenolic OH excluding ortho intramolecular Hbond substituents is 1. The third-order valence-corrected chi connectivity index (χ3v) is 4.03. The minimum Gasteiger partial charge on any atom is -0.508 e. The Hall–Kier alpha value is -2.01. The van der Waals surface area contributed by atoms with Crippen LogP contribution in [-0.2, 0) is 0 Å². The molecule has 21 heavy (non-hydrogen) atoms. The number of rotatable bonds is 3. The van der Waals surface area contributed by atoms with E-state index in [1.54, 1.807) is 13.2 Å². The summed E-state index contributed by atoms with van der Waals surface area (Å²) in [6.45, 7) is 0. The van der Waals surface area contributed by atoms with Gasteiger partial charge in [0, 0.05) is 16.5 Å². The quantitative estimate of drug-likeness (QED) is 0.892. The summed E-state index contributed by atoms with van der Waals surface area (Å²) in [5.74, 6) is 1.10. The highest BCUT2D eigenvalue weighted by atomic mass is 79.9. The molecule has 0 radical (unpaired) electrons. The van der Waals surface area contributed by atoms with Crippen molar-refractivity contribution in [2.24, 2.45) is 5.10 Å². The zero-order chi connectivity index (χ0) is 14.8. The first-order chi connectivity index (χ1) is 10.2. The van der Waals surface area contributed by atoms with E-state index in [0.29, 0.717) is 0 Å². The van der Waals surface area contributed by atoms with Crippen LogP contribution in [0.3, 0.4) is 0 Å². The third kappa shape index (κ3) is 2.88. The highest BCUT2D eigenvalue weighted by Crippen LogP contribution is 2.32. The van der Waals surface area contributed by atoms with Gasteiger partial charge in [0.05, 0.1) is 18.9 Å².